The summed E-state index contributed by atoms with van der Waals surface area (Å²) in [5.74, 6) is -0.622. The topological polar surface area (TPSA) is 427 Å². The van der Waals surface area contributed by atoms with Gasteiger partial charge in [-0.3, -0.25) is 37.7 Å². The number of ether oxygens (including phenoxy) is 2. The van der Waals surface area contributed by atoms with Crippen molar-refractivity contribution in [2.24, 2.45) is 0 Å². The highest BCUT2D eigenvalue weighted by Gasteiger charge is 2.49. The number of aliphatic hydroxyl groups is 4. The monoisotopic (exact) mass is 788 g/mol. The van der Waals surface area contributed by atoms with Crippen molar-refractivity contribution in [3.05, 3.63) is 33.4 Å². The Kier molecular flexibility index (Phi) is 9.83. The lowest BCUT2D eigenvalue weighted by molar-refractivity contribution is -0.0510. The number of nitrogen functional groups attached to an aromatic ring is 2. The fourth-order valence-electron chi connectivity index (χ4n) is 5.11. The Morgan fingerprint density at radius 1 is 0.686 bits per heavy atom. The van der Waals surface area contributed by atoms with Gasteiger partial charge in [-0.2, -0.15) is 18.6 Å². The second-order valence-corrected chi connectivity index (χ2v) is 15.4. The van der Waals surface area contributed by atoms with Crippen LogP contribution >= 0.6 is 23.5 Å². The highest BCUT2D eigenvalue weighted by atomic mass is 31.3. The summed E-state index contributed by atoms with van der Waals surface area (Å²) in [6.45, 7) is -2.19. The molecule has 6 heterocycles. The van der Waals surface area contributed by atoms with Gasteiger partial charge in [-0.05, 0) is 0 Å². The van der Waals surface area contributed by atoms with Gasteiger partial charge in [0.1, 0.15) is 36.6 Å². The molecule has 0 aromatic carbocycles. The zero-order valence-corrected chi connectivity index (χ0v) is 27.7. The van der Waals surface area contributed by atoms with E-state index in [1.165, 1.54) is 0 Å². The SMILES string of the molecule is Nc1nc2c(ncn2[C@@H]2O[C@H](COP(=O)(O)OP(=O)(O)OP(=O)(O)OC[C@H]3O[C@@H](n4cnc5c(=O)[nH]c(N)nc54)[C@H](O)[C@@H]3O)[C@@H](O)[C@H]2O)c(=O)[nH]1. The molecule has 2 aliphatic rings. The fourth-order valence-corrected chi connectivity index (χ4v) is 8.63. The minimum atomic E-state index is -6.00. The van der Waals surface area contributed by atoms with Crippen LogP contribution in [0.1, 0.15) is 12.5 Å². The quantitative estimate of drug-likeness (QED) is 0.0610. The van der Waals surface area contributed by atoms with Crippen LogP contribution in [0.2, 0.25) is 0 Å². The van der Waals surface area contributed by atoms with E-state index < -0.39 is 96.9 Å². The molecule has 4 aromatic rings. The van der Waals surface area contributed by atoms with E-state index in [9.17, 15) is 58.4 Å². The molecule has 2 unspecified atom stereocenters. The van der Waals surface area contributed by atoms with Crippen molar-refractivity contribution >= 4 is 57.7 Å². The van der Waals surface area contributed by atoms with Crippen molar-refractivity contribution in [3.8, 4) is 0 Å². The van der Waals surface area contributed by atoms with Gasteiger partial charge in [0.25, 0.3) is 11.1 Å². The van der Waals surface area contributed by atoms with Crippen molar-refractivity contribution in [2.75, 3.05) is 24.7 Å². The van der Waals surface area contributed by atoms with Gasteiger partial charge in [0, 0.05) is 0 Å². The molecule has 13 N–H and O–H groups in total. The fraction of sp³-hybridized carbons (Fsp3) is 0.500. The number of hydrogen-bond donors (Lipinski definition) is 11. The van der Waals surface area contributed by atoms with Gasteiger partial charge in [0.2, 0.25) is 11.9 Å². The number of phosphoric acid groups is 3. The zero-order valence-electron chi connectivity index (χ0n) is 25.0. The Morgan fingerprint density at radius 2 is 1.06 bits per heavy atom. The third kappa shape index (κ3) is 7.53. The lowest BCUT2D eigenvalue weighted by atomic mass is 10.1. The smallest absolute Gasteiger partial charge is 0.387 e. The van der Waals surface area contributed by atoms with Crippen molar-refractivity contribution in [3.63, 3.8) is 0 Å². The summed E-state index contributed by atoms with van der Waals surface area (Å²) in [6.07, 6.45) is -11.3. The second-order valence-electron chi connectivity index (χ2n) is 10.8. The Labute approximate surface area is 280 Å². The number of aliphatic hydroxyl groups excluding tert-OH is 4. The summed E-state index contributed by atoms with van der Waals surface area (Å²) < 4.78 is 67.4. The van der Waals surface area contributed by atoms with Crippen LogP contribution in [0.15, 0.2) is 22.2 Å². The van der Waals surface area contributed by atoms with Crippen LogP contribution < -0.4 is 22.6 Å². The lowest BCUT2D eigenvalue weighted by Gasteiger charge is -2.21. The molecule has 4 aromatic heterocycles. The summed E-state index contributed by atoms with van der Waals surface area (Å²) in [5, 5.41) is 41.8. The number of phosphoric ester groups is 2. The number of fused-ring (bicyclic) bond motifs is 2. The average molecular weight is 788 g/mol. The van der Waals surface area contributed by atoms with Gasteiger partial charge in [-0.15, -0.1) is 0 Å². The summed E-state index contributed by atoms with van der Waals surface area (Å²) in [6, 6.07) is 0. The Balaban J connectivity index is 1.04. The van der Waals surface area contributed by atoms with E-state index in [1.54, 1.807) is 0 Å². The summed E-state index contributed by atoms with van der Waals surface area (Å²) in [4.78, 5) is 73.8. The highest BCUT2D eigenvalue weighted by molar-refractivity contribution is 7.66. The maximum absolute atomic E-state index is 12.4. The Morgan fingerprint density at radius 3 is 1.43 bits per heavy atom. The molecule has 0 radical (unpaired) electrons. The highest BCUT2D eigenvalue weighted by Crippen LogP contribution is 2.67. The molecule has 280 valence electrons. The Bertz CT molecular complexity index is 2080. The molecular formula is C20H27N10O18P3. The van der Waals surface area contributed by atoms with Gasteiger partial charge < -0.3 is 56.0 Å². The first-order valence-electron chi connectivity index (χ1n) is 13.9. The van der Waals surface area contributed by atoms with E-state index in [0.29, 0.717) is 0 Å². The second kappa shape index (κ2) is 13.5. The van der Waals surface area contributed by atoms with Crippen molar-refractivity contribution in [1.82, 2.24) is 39.0 Å². The first-order chi connectivity index (χ1) is 23.8. The molecule has 0 saturated carbocycles. The molecule has 2 aliphatic heterocycles. The molecule has 0 aliphatic carbocycles. The lowest BCUT2D eigenvalue weighted by Crippen LogP contribution is -2.33. The van der Waals surface area contributed by atoms with Gasteiger partial charge in [0.15, 0.2) is 34.8 Å². The molecule has 6 rings (SSSR count). The summed E-state index contributed by atoms with van der Waals surface area (Å²) in [5.41, 5.74) is 8.90. The molecular weight excluding hydrogens is 761 g/mol. The normalized spacial score (nSPS) is 30.4. The third-order valence-corrected chi connectivity index (χ3v) is 11.6. The molecule has 0 bridgehead atoms. The molecule has 2 saturated heterocycles. The summed E-state index contributed by atoms with van der Waals surface area (Å²) in [7, 11) is -17.4. The number of hydrogen-bond acceptors (Lipinski definition) is 21. The van der Waals surface area contributed by atoms with Crippen molar-refractivity contribution in [1.29, 1.82) is 0 Å². The largest absolute Gasteiger partial charge is 0.490 e. The molecule has 51 heavy (non-hydrogen) atoms. The number of nitrogens with one attached hydrogen (secondary N) is 2. The van der Waals surface area contributed by atoms with Crippen molar-refractivity contribution in [2.45, 2.75) is 49.1 Å². The molecule has 0 amide bonds. The number of nitrogens with two attached hydrogens (primary N) is 2. The third-order valence-electron chi connectivity index (χ3n) is 7.34. The number of imidazole rings is 2. The number of anilines is 2. The number of H-pyrrole nitrogens is 2. The minimum Gasteiger partial charge on any atom is -0.387 e. The van der Waals surface area contributed by atoms with E-state index in [-0.39, 0.29) is 34.2 Å². The number of rotatable bonds is 12. The number of aromatic nitrogens is 8. The molecule has 10 atom stereocenters. The van der Waals surface area contributed by atoms with E-state index in [0.717, 1.165) is 21.8 Å². The average Bonchev–Trinajstić information content (AvgIpc) is 3.76. The van der Waals surface area contributed by atoms with Crippen LogP contribution in [0.4, 0.5) is 11.9 Å². The van der Waals surface area contributed by atoms with Gasteiger partial charge in [0.05, 0.1) is 25.9 Å². The Hall–Kier alpha value is -3.53. The first-order valence-corrected chi connectivity index (χ1v) is 18.4. The van der Waals surface area contributed by atoms with Crippen LogP contribution in [-0.2, 0) is 40.8 Å². The standard InChI is InChI=1S/C20H27N10O18P3/c21-19-25-13-7(15(35)27-19)23-3-29(13)17-11(33)9(31)5(45-17)1-43-49(37,38)47-51(41,42)48-50(39,40)44-2-6-10(32)12(34)18(46-6)30-4-24-8-14(30)26-20(22)28-16(8)36/h3-6,9-12,17-18,31-34H,1-2H2,(H,37,38)(H,39,40)(H,41,42)(H3,21,25,27,35)(H3,22,26,28,36)/t5-,6-,9-,10-,11-,12-,17-,18-/m1/s1. The van der Waals surface area contributed by atoms with Crippen LogP contribution in [-0.4, -0.2) is 124 Å². The number of aromatic amines is 2. The minimum absolute atomic E-state index is 0.156. The maximum Gasteiger partial charge on any atom is 0.490 e. The van der Waals surface area contributed by atoms with E-state index in [4.69, 9.17) is 20.9 Å². The van der Waals surface area contributed by atoms with Crippen LogP contribution in [0.25, 0.3) is 22.3 Å². The molecule has 28 nitrogen and oxygen atoms in total. The van der Waals surface area contributed by atoms with Crippen LogP contribution in [0.3, 0.4) is 0 Å². The predicted octanol–water partition coefficient (Wildman–Crippen LogP) is -3.98. The number of nitrogens with zero attached hydrogens (tertiary/aromatic N) is 6. The molecule has 0 spiro atoms. The molecule has 31 heteroatoms. The maximum atomic E-state index is 12.4. The zero-order chi connectivity index (χ0) is 37.2. The van der Waals surface area contributed by atoms with Crippen LogP contribution in [0, 0.1) is 0 Å². The van der Waals surface area contributed by atoms with Gasteiger partial charge in [-0.25, -0.2) is 23.7 Å². The van der Waals surface area contributed by atoms with E-state index >= 15 is 0 Å². The van der Waals surface area contributed by atoms with E-state index in [1.807, 2.05) is 0 Å². The van der Waals surface area contributed by atoms with E-state index in [2.05, 4.69) is 47.6 Å². The van der Waals surface area contributed by atoms with Gasteiger partial charge in [-0.1, -0.05) is 0 Å². The summed E-state index contributed by atoms with van der Waals surface area (Å²) >= 11 is 0. The van der Waals surface area contributed by atoms with Crippen molar-refractivity contribution < 1.29 is 75.9 Å². The van der Waals surface area contributed by atoms with Crippen LogP contribution in [0.5, 0.6) is 0 Å². The first kappa shape index (κ1) is 37.2. The predicted molar refractivity (Wildman–Crippen MR) is 161 cm³/mol. The van der Waals surface area contributed by atoms with Gasteiger partial charge >= 0.3 is 23.5 Å². The molecule has 2 fully saturated rings.